The van der Waals surface area contributed by atoms with E-state index in [2.05, 4.69) is 73.6 Å². The van der Waals surface area contributed by atoms with Crippen molar-refractivity contribution in [3.05, 3.63) is 59.5 Å². The third kappa shape index (κ3) is 4.48. The van der Waals surface area contributed by atoms with Crippen molar-refractivity contribution < 1.29 is 4.79 Å². The van der Waals surface area contributed by atoms with Crippen LogP contribution in [0.3, 0.4) is 0 Å². The molecule has 0 atom stereocenters. The maximum absolute atomic E-state index is 13.1. The van der Waals surface area contributed by atoms with Gasteiger partial charge in [-0.25, -0.2) is 0 Å². The van der Waals surface area contributed by atoms with Crippen LogP contribution in [0.2, 0.25) is 0 Å². The van der Waals surface area contributed by atoms with E-state index in [0.717, 1.165) is 68.5 Å². The standard InChI is InChI=1S/C25H29N5OS/c1-19-4-2-5-21(18-19)28-13-15-30(16-14-28)25(31)20-9-11-29(12-10-20)24-8-7-22(26-27-24)23-6-3-17-32-23/h2-8,17-18,20H,9-16H2,1H3. The number of aromatic nitrogens is 2. The summed E-state index contributed by atoms with van der Waals surface area (Å²) in [5.74, 6) is 1.35. The average molecular weight is 448 g/mol. The molecule has 32 heavy (non-hydrogen) atoms. The Morgan fingerprint density at radius 1 is 0.906 bits per heavy atom. The van der Waals surface area contributed by atoms with Gasteiger partial charge in [-0.1, -0.05) is 18.2 Å². The molecule has 6 nitrogen and oxygen atoms in total. The van der Waals surface area contributed by atoms with Gasteiger partial charge in [-0.05, 0) is 61.0 Å². The Hall–Kier alpha value is -2.93. The van der Waals surface area contributed by atoms with E-state index in [1.54, 1.807) is 11.3 Å². The normalized spacial score (nSPS) is 17.6. The number of carbonyl (C=O) groups excluding carboxylic acids is 1. The number of hydrogen-bond donors (Lipinski definition) is 0. The van der Waals surface area contributed by atoms with Crippen LogP contribution in [-0.2, 0) is 4.79 Å². The predicted molar refractivity (Wildman–Crippen MR) is 130 cm³/mol. The quantitative estimate of drug-likeness (QED) is 0.603. The van der Waals surface area contributed by atoms with E-state index in [4.69, 9.17) is 0 Å². The molecule has 7 heteroatoms. The summed E-state index contributed by atoms with van der Waals surface area (Å²) in [6, 6.07) is 16.8. The van der Waals surface area contributed by atoms with Crippen molar-refractivity contribution in [1.29, 1.82) is 0 Å². The minimum atomic E-state index is 0.120. The first-order valence-electron chi connectivity index (χ1n) is 11.4. The molecule has 4 heterocycles. The Morgan fingerprint density at radius 2 is 1.72 bits per heavy atom. The molecule has 0 aliphatic carbocycles. The fourth-order valence-corrected chi connectivity index (χ4v) is 5.36. The molecule has 1 amide bonds. The van der Waals surface area contributed by atoms with E-state index in [0.29, 0.717) is 5.91 Å². The minimum Gasteiger partial charge on any atom is -0.368 e. The highest BCUT2D eigenvalue weighted by atomic mass is 32.1. The Balaban J connectivity index is 1.12. The van der Waals surface area contributed by atoms with Crippen molar-refractivity contribution in [3.63, 3.8) is 0 Å². The summed E-state index contributed by atoms with van der Waals surface area (Å²) < 4.78 is 0. The molecule has 2 saturated heterocycles. The summed E-state index contributed by atoms with van der Waals surface area (Å²) in [5.41, 5.74) is 3.45. The average Bonchev–Trinajstić information content (AvgIpc) is 3.39. The van der Waals surface area contributed by atoms with Gasteiger partial charge in [-0.2, -0.15) is 0 Å². The predicted octanol–water partition coefficient (Wildman–Crippen LogP) is 4.08. The van der Waals surface area contributed by atoms with Crippen LogP contribution >= 0.6 is 11.3 Å². The Labute approximate surface area is 193 Å². The molecule has 3 aromatic rings. The van der Waals surface area contributed by atoms with Gasteiger partial charge in [0.1, 0.15) is 5.69 Å². The number of hydrogen-bond acceptors (Lipinski definition) is 6. The van der Waals surface area contributed by atoms with E-state index in [-0.39, 0.29) is 5.92 Å². The lowest BCUT2D eigenvalue weighted by atomic mass is 9.95. The van der Waals surface area contributed by atoms with Gasteiger partial charge in [0.2, 0.25) is 5.91 Å². The monoisotopic (exact) mass is 447 g/mol. The zero-order chi connectivity index (χ0) is 21.9. The maximum Gasteiger partial charge on any atom is 0.225 e. The first kappa shape index (κ1) is 20.9. The Morgan fingerprint density at radius 3 is 2.38 bits per heavy atom. The first-order valence-corrected chi connectivity index (χ1v) is 12.3. The zero-order valence-electron chi connectivity index (χ0n) is 18.5. The summed E-state index contributed by atoms with van der Waals surface area (Å²) in [7, 11) is 0. The van der Waals surface area contributed by atoms with Crippen molar-refractivity contribution in [2.75, 3.05) is 49.1 Å². The minimum absolute atomic E-state index is 0.120. The highest BCUT2D eigenvalue weighted by Crippen LogP contribution is 2.27. The van der Waals surface area contributed by atoms with Crippen molar-refractivity contribution >= 4 is 28.7 Å². The summed E-state index contributed by atoms with van der Waals surface area (Å²) in [5, 5.41) is 10.9. The largest absolute Gasteiger partial charge is 0.368 e. The smallest absolute Gasteiger partial charge is 0.225 e. The van der Waals surface area contributed by atoms with Gasteiger partial charge in [0.25, 0.3) is 0 Å². The number of piperidine rings is 1. The van der Waals surface area contributed by atoms with Crippen molar-refractivity contribution in [3.8, 4) is 10.6 Å². The lowest BCUT2D eigenvalue weighted by molar-refractivity contribution is -0.136. The molecular weight excluding hydrogens is 418 g/mol. The first-order chi connectivity index (χ1) is 15.7. The zero-order valence-corrected chi connectivity index (χ0v) is 19.3. The van der Waals surface area contributed by atoms with Crippen LogP contribution in [0.5, 0.6) is 0 Å². The highest BCUT2D eigenvalue weighted by Gasteiger charge is 2.31. The van der Waals surface area contributed by atoms with Crippen LogP contribution in [-0.4, -0.2) is 60.3 Å². The molecule has 166 valence electrons. The summed E-state index contributed by atoms with van der Waals surface area (Å²) in [4.78, 5) is 21.0. The second-order valence-corrected chi connectivity index (χ2v) is 9.61. The fourth-order valence-electron chi connectivity index (χ4n) is 4.67. The van der Waals surface area contributed by atoms with E-state index in [9.17, 15) is 4.79 Å². The third-order valence-corrected chi connectivity index (χ3v) is 7.44. The van der Waals surface area contributed by atoms with Crippen molar-refractivity contribution in [2.45, 2.75) is 19.8 Å². The lowest BCUT2D eigenvalue weighted by Crippen LogP contribution is -2.51. The molecule has 5 rings (SSSR count). The topological polar surface area (TPSA) is 52.6 Å². The maximum atomic E-state index is 13.1. The van der Waals surface area contributed by atoms with Crippen LogP contribution in [0.15, 0.2) is 53.9 Å². The number of aryl methyl sites for hydroxylation is 1. The Kier molecular flexibility index (Phi) is 6.08. The number of rotatable bonds is 4. The molecule has 0 N–H and O–H groups in total. The lowest BCUT2D eigenvalue weighted by Gasteiger charge is -2.39. The van der Waals surface area contributed by atoms with Gasteiger partial charge in [-0.3, -0.25) is 4.79 Å². The number of anilines is 2. The van der Waals surface area contributed by atoms with E-state index >= 15 is 0 Å². The van der Waals surface area contributed by atoms with Crippen molar-refractivity contribution in [2.24, 2.45) is 5.92 Å². The molecule has 2 aliphatic heterocycles. The number of nitrogens with zero attached hydrogens (tertiary/aromatic N) is 5. The molecule has 1 aromatic carbocycles. The highest BCUT2D eigenvalue weighted by molar-refractivity contribution is 7.13. The number of piperazine rings is 1. The number of benzene rings is 1. The van der Waals surface area contributed by atoms with Crippen molar-refractivity contribution in [1.82, 2.24) is 15.1 Å². The van der Waals surface area contributed by atoms with Gasteiger partial charge in [0, 0.05) is 50.9 Å². The Bertz CT molecular complexity index is 1040. The van der Waals surface area contributed by atoms with Gasteiger partial charge >= 0.3 is 0 Å². The number of amides is 1. The molecule has 0 unspecified atom stereocenters. The molecule has 2 fully saturated rings. The molecule has 0 saturated carbocycles. The molecule has 0 radical (unpaired) electrons. The van der Waals surface area contributed by atoms with Gasteiger partial charge in [0.05, 0.1) is 4.88 Å². The van der Waals surface area contributed by atoms with E-state index in [1.165, 1.54) is 11.3 Å². The van der Waals surface area contributed by atoms with E-state index in [1.807, 2.05) is 12.1 Å². The second-order valence-electron chi connectivity index (χ2n) is 8.67. The van der Waals surface area contributed by atoms with Crippen LogP contribution in [0.25, 0.3) is 10.6 Å². The van der Waals surface area contributed by atoms with Crippen LogP contribution < -0.4 is 9.80 Å². The van der Waals surface area contributed by atoms with Gasteiger partial charge in [0.15, 0.2) is 5.82 Å². The summed E-state index contributed by atoms with van der Waals surface area (Å²) in [6.45, 7) is 7.25. The van der Waals surface area contributed by atoms with Gasteiger partial charge in [-0.15, -0.1) is 21.5 Å². The molecular formula is C25H29N5OS. The van der Waals surface area contributed by atoms with Crippen LogP contribution in [0.4, 0.5) is 11.5 Å². The summed E-state index contributed by atoms with van der Waals surface area (Å²) >= 11 is 1.67. The SMILES string of the molecule is Cc1cccc(N2CCN(C(=O)C3CCN(c4ccc(-c5cccs5)nn4)CC3)CC2)c1. The molecule has 2 aromatic heterocycles. The number of thiophene rings is 1. The fraction of sp³-hybridized carbons (Fsp3) is 0.400. The molecule has 0 spiro atoms. The second kappa shape index (κ2) is 9.28. The molecule has 0 bridgehead atoms. The molecule has 2 aliphatic rings. The van der Waals surface area contributed by atoms with Crippen LogP contribution in [0.1, 0.15) is 18.4 Å². The summed E-state index contributed by atoms with van der Waals surface area (Å²) in [6.07, 6.45) is 1.76. The third-order valence-electron chi connectivity index (χ3n) is 6.55. The van der Waals surface area contributed by atoms with Crippen LogP contribution in [0, 0.1) is 12.8 Å². The van der Waals surface area contributed by atoms with E-state index < -0.39 is 0 Å². The van der Waals surface area contributed by atoms with Gasteiger partial charge < -0.3 is 14.7 Å². The number of carbonyl (C=O) groups is 1.